The van der Waals surface area contributed by atoms with E-state index >= 15 is 0 Å². The van der Waals surface area contributed by atoms with Crippen LogP contribution in [0.25, 0.3) is 0 Å². The zero-order valence-corrected chi connectivity index (χ0v) is 9.60. The Morgan fingerprint density at radius 2 is 2.17 bits per heavy atom. The lowest BCUT2D eigenvalue weighted by atomic mass is 10.2. The molecule has 0 spiro atoms. The van der Waals surface area contributed by atoms with Crippen molar-refractivity contribution < 1.29 is 18.8 Å². The largest absolute Gasteiger partial charge is 0.454 e. The Labute approximate surface area is 102 Å². The number of carbonyl (C=O) groups is 1. The van der Waals surface area contributed by atoms with Crippen molar-refractivity contribution in [2.24, 2.45) is 0 Å². The third-order valence-corrected chi connectivity index (χ3v) is 2.63. The van der Waals surface area contributed by atoms with Gasteiger partial charge in [0.25, 0.3) is 5.91 Å². The number of hydrogen-bond donors (Lipinski definition) is 1. The molecule has 1 aliphatic rings. The standard InChI is InChI=1S/C12H10N2O4/c1-7-9(5-18-14-7)12(15)13-8-2-3-10-11(4-8)17-6-16-10/h2-5H,6H2,1H3,(H,13,15). The molecule has 2 heterocycles. The van der Waals surface area contributed by atoms with Crippen molar-refractivity contribution in [2.75, 3.05) is 12.1 Å². The first kappa shape index (κ1) is 10.6. The normalized spacial score (nSPS) is 12.5. The highest BCUT2D eigenvalue weighted by Crippen LogP contribution is 2.34. The Hall–Kier alpha value is -2.50. The number of anilines is 1. The van der Waals surface area contributed by atoms with Gasteiger partial charge < -0.3 is 19.3 Å². The summed E-state index contributed by atoms with van der Waals surface area (Å²) in [4.78, 5) is 11.9. The lowest BCUT2D eigenvalue weighted by molar-refractivity contribution is 0.102. The first-order valence-electron chi connectivity index (χ1n) is 5.36. The fourth-order valence-electron chi connectivity index (χ4n) is 1.68. The van der Waals surface area contributed by atoms with E-state index in [1.54, 1.807) is 25.1 Å². The number of benzene rings is 1. The van der Waals surface area contributed by atoms with Crippen molar-refractivity contribution in [1.82, 2.24) is 5.16 Å². The Bertz CT molecular complexity index is 606. The number of rotatable bonds is 2. The van der Waals surface area contributed by atoms with Crippen LogP contribution in [0.5, 0.6) is 11.5 Å². The smallest absolute Gasteiger partial charge is 0.260 e. The third kappa shape index (κ3) is 1.77. The third-order valence-electron chi connectivity index (χ3n) is 2.63. The number of aromatic nitrogens is 1. The first-order chi connectivity index (χ1) is 8.74. The molecule has 2 aromatic rings. The van der Waals surface area contributed by atoms with Crippen LogP contribution < -0.4 is 14.8 Å². The molecule has 1 aromatic heterocycles. The van der Waals surface area contributed by atoms with E-state index in [1.807, 2.05) is 0 Å². The van der Waals surface area contributed by atoms with Crippen molar-refractivity contribution in [3.8, 4) is 11.5 Å². The summed E-state index contributed by atoms with van der Waals surface area (Å²) in [6.45, 7) is 1.91. The van der Waals surface area contributed by atoms with Gasteiger partial charge in [0.15, 0.2) is 11.5 Å². The zero-order valence-electron chi connectivity index (χ0n) is 9.60. The summed E-state index contributed by atoms with van der Waals surface area (Å²) >= 11 is 0. The van der Waals surface area contributed by atoms with Crippen LogP contribution in [0.1, 0.15) is 16.1 Å². The minimum atomic E-state index is -0.271. The lowest BCUT2D eigenvalue weighted by Gasteiger charge is -2.04. The van der Waals surface area contributed by atoms with Gasteiger partial charge in [-0.2, -0.15) is 0 Å². The van der Waals surface area contributed by atoms with Gasteiger partial charge in [0.1, 0.15) is 11.8 Å². The molecular formula is C12H10N2O4. The van der Waals surface area contributed by atoms with E-state index in [0.29, 0.717) is 28.4 Å². The average Bonchev–Trinajstić information content (AvgIpc) is 2.96. The number of carbonyl (C=O) groups excluding carboxylic acids is 1. The van der Waals surface area contributed by atoms with E-state index in [4.69, 9.17) is 14.0 Å². The minimum absolute atomic E-state index is 0.206. The molecule has 1 amide bonds. The number of nitrogens with zero attached hydrogens (tertiary/aromatic N) is 1. The predicted octanol–water partition coefficient (Wildman–Crippen LogP) is 1.96. The Morgan fingerprint density at radius 3 is 2.94 bits per heavy atom. The molecule has 0 bridgehead atoms. The Morgan fingerprint density at radius 1 is 1.33 bits per heavy atom. The van der Waals surface area contributed by atoms with Gasteiger partial charge in [0.2, 0.25) is 6.79 Å². The van der Waals surface area contributed by atoms with Gasteiger partial charge in [-0.25, -0.2) is 0 Å². The van der Waals surface area contributed by atoms with Crippen LogP contribution in [-0.2, 0) is 0 Å². The van der Waals surface area contributed by atoms with Crippen LogP contribution in [0.4, 0.5) is 5.69 Å². The molecule has 92 valence electrons. The molecule has 1 aliphatic heterocycles. The maximum absolute atomic E-state index is 11.9. The van der Waals surface area contributed by atoms with Crippen LogP contribution in [0.15, 0.2) is 29.0 Å². The summed E-state index contributed by atoms with van der Waals surface area (Å²) in [6, 6.07) is 5.20. The van der Waals surface area contributed by atoms with Crippen LogP contribution in [0, 0.1) is 6.92 Å². The second-order valence-electron chi connectivity index (χ2n) is 3.84. The molecule has 0 atom stereocenters. The number of amides is 1. The van der Waals surface area contributed by atoms with Gasteiger partial charge in [-0.05, 0) is 19.1 Å². The average molecular weight is 246 g/mol. The van der Waals surface area contributed by atoms with E-state index in [0.717, 1.165) is 0 Å². The summed E-state index contributed by atoms with van der Waals surface area (Å²) in [5, 5.41) is 6.40. The van der Waals surface area contributed by atoms with Crippen molar-refractivity contribution in [3.05, 3.63) is 35.7 Å². The summed E-state index contributed by atoms with van der Waals surface area (Å²) in [7, 11) is 0. The molecule has 18 heavy (non-hydrogen) atoms. The van der Waals surface area contributed by atoms with E-state index in [2.05, 4.69) is 10.5 Å². The first-order valence-corrected chi connectivity index (χ1v) is 5.36. The molecule has 6 heteroatoms. The summed E-state index contributed by atoms with van der Waals surface area (Å²) in [5.74, 6) is 1.02. The van der Waals surface area contributed by atoms with Crippen LogP contribution in [0.3, 0.4) is 0 Å². The van der Waals surface area contributed by atoms with Gasteiger partial charge in [-0.3, -0.25) is 4.79 Å². The number of nitrogens with one attached hydrogen (secondary N) is 1. The van der Waals surface area contributed by atoms with Crippen molar-refractivity contribution in [1.29, 1.82) is 0 Å². The molecule has 1 N–H and O–H groups in total. The number of fused-ring (bicyclic) bond motifs is 1. The molecule has 0 fully saturated rings. The molecule has 0 radical (unpaired) electrons. The van der Waals surface area contributed by atoms with Crippen LogP contribution >= 0.6 is 0 Å². The van der Waals surface area contributed by atoms with Gasteiger partial charge in [0, 0.05) is 11.8 Å². The quantitative estimate of drug-likeness (QED) is 0.876. The summed E-state index contributed by atoms with van der Waals surface area (Å²) in [5.41, 5.74) is 1.59. The maximum atomic E-state index is 11.9. The molecule has 1 aromatic carbocycles. The predicted molar refractivity (Wildman–Crippen MR) is 61.8 cm³/mol. The van der Waals surface area contributed by atoms with E-state index < -0.39 is 0 Å². The van der Waals surface area contributed by atoms with Crippen LogP contribution in [0.2, 0.25) is 0 Å². The lowest BCUT2D eigenvalue weighted by Crippen LogP contribution is -2.12. The molecule has 0 saturated carbocycles. The number of hydrogen-bond acceptors (Lipinski definition) is 5. The van der Waals surface area contributed by atoms with Gasteiger partial charge >= 0.3 is 0 Å². The number of aryl methyl sites for hydroxylation is 1. The fraction of sp³-hybridized carbons (Fsp3) is 0.167. The zero-order chi connectivity index (χ0) is 12.5. The second-order valence-corrected chi connectivity index (χ2v) is 3.84. The summed E-state index contributed by atoms with van der Waals surface area (Å²) in [6.07, 6.45) is 1.32. The van der Waals surface area contributed by atoms with Gasteiger partial charge in [0.05, 0.1) is 5.69 Å². The summed E-state index contributed by atoms with van der Waals surface area (Å²) < 4.78 is 15.1. The Balaban J connectivity index is 1.81. The monoisotopic (exact) mass is 246 g/mol. The van der Waals surface area contributed by atoms with Crippen molar-refractivity contribution >= 4 is 11.6 Å². The van der Waals surface area contributed by atoms with Gasteiger partial charge in [-0.1, -0.05) is 5.16 Å². The molecule has 0 saturated heterocycles. The van der Waals surface area contributed by atoms with Crippen molar-refractivity contribution in [2.45, 2.75) is 6.92 Å². The molecule has 0 unspecified atom stereocenters. The van der Waals surface area contributed by atoms with E-state index in [1.165, 1.54) is 6.26 Å². The maximum Gasteiger partial charge on any atom is 0.260 e. The van der Waals surface area contributed by atoms with Gasteiger partial charge in [-0.15, -0.1) is 0 Å². The minimum Gasteiger partial charge on any atom is -0.454 e. The second kappa shape index (κ2) is 4.06. The van der Waals surface area contributed by atoms with Crippen molar-refractivity contribution in [3.63, 3.8) is 0 Å². The Kier molecular flexibility index (Phi) is 2.40. The molecular weight excluding hydrogens is 236 g/mol. The molecule has 6 nitrogen and oxygen atoms in total. The fourth-order valence-corrected chi connectivity index (χ4v) is 1.68. The SMILES string of the molecule is Cc1nocc1C(=O)Nc1ccc2c(c1)OCO2. The number of ether oxygens (including phenoxy) is 2. The topological polar surface area (TPSA) is 73.6 Å². The molecule has 0 aliphatic carbocycles. The highest BCUT2D eigenvalue weighted by atomic mass is 16.7. The highest BCUT2D eigenvalue weighted by Gasteiger charge is 2.16. The van der Waals surface area contributed by atoms with Crippen LogP contribution in [-0.4, -0.2) is 17.9 Å². The van der Waals surface area contributed by atoms with E-state index in [9.17, 15) is 4.79 Å². The molecule has 3 rings (SSSR count). The van der Waals surface area contributed by atoms with E-state index in [-0.39, 0.29) is 12.7 Å². The highest BCUT2D eigenvalue weighted by molar-refractivity contribution is 6.04.